The van der Waals surface area contributed by atoms with Crippen LogP contribution in [0, 0.1) is 0 Å². The second-order valence-electron chi connectivity index (χ2n) is 6.09. The molecule has 1 saturated carbocycles. The Morgan fingerprint density at radius 2 is 1.74 bits per heavy atom. The van der Waals surface area contributed by atoms with Crippen molar-refractivity contribution in [2.45, 2.75) is 43.4 Å². The van der Waals surface area contributed by atoms with E-state index in [1.165, 1.54) is 4.90 Å². The molecule has 1 aliphatic carbocycles. The maximum atomic E-state index is 12.5. The summed E-state index contributed by atoms with van der Waals surface area (Å²) in [6.07, 6.45) is 3.26. The molecule has 0 bridgehead atoms. The molecule has 2 aliphatic rings. The van der Waals surface area contributed by atoms with Crippen molar-refractivity contribution in [3.05, 3.63) is 35.9 Å². The number of likely N-dealkylation sites (tertiary alicyclic amines) is 1. The van der Waals surface area contributed by atoms with Gasteiger partial charge in [0.15, 0.2) is 0 Å². The zero-order valence-corrected chi connectivity index (χ0v) is 13.6. The van der Waals surface area contributed by atoms with E-state index in [1.807, 2.05) is 6.07 Å². The molecule has 0 aromatic heterocycles. The van der Waals surface area contributed by atoms with Gasteiger partial charge in [-0.3, -0.25) is 14.3 Å². The topological polar surface area (TPSA) is 83.6 Å². The molecule has 6 nitrogen and oxygen atoms in total. The normalized spacial score (nSPS) is 21.7. The summed E-state index contributed by atoms with van der Waals surface area (Å²) in [7, 11) is -3.61. The molecule has 0 spiro atoms. The smallest absolute Gasteiger partial charge is 0.256 e. The third kappa shape index (κ3) is 3.24. The van der Waals surface area contributed by atoms with Gasteiger partial charge in [0.05, 0.1) is 5.25 Å². The molecule has 1 aliphatic heterocycles. The van der Waals surface area contributed by atoms with Crippen LogP contribution >= 0.6 is 0 Å². The average Bonchev–Trinajstić information content (AvgIpc) is 2.94. The lowest BCUT2D eigenvalue weighted by molar-refractivity contribution is -0.123. The highest BCUT2D eigenvalue weighted by atomic mass is 32.2. The first-order valence-electron chi connectivity index (χ1n) is 7.90. The number of nitrogens with zero attached hydrogens (tertiary/aromatic N) is 1. The van der Waals surface area contributed by atoms with Gasteiger partial charge in [0.25, 0.3) is 11.8 Å². The zero-order chi connectivity index (χ0) is 16.4. The highest BCUT2D eigenvalue weighted by Crippen LogP contribution is 2.26. The van der Waals surface area contributed by atoms with Gasteiger partial charge in [-0.05, 0) is 37.8 Å². The van der Waals surface area contributed by atoms with Gasteiger partial charge in [0.2, 0.25) is 10.0 Å². The summed E-state index contributed by atoms with van der Waals surface area (Å²) in [5.74, 6) is -0.817. The van der Waals surface area contributed by atoms with E-state index in [9.17, 15) is 18.0 Å². The van der Waals surface area contributed by atoms with Crippen LogP contribution < -0.4 is 4.72 Å². The van der Waals surface area contributed by atoms with Crippen molar-refractivity contribution in [1.82, 2.24) is 9.62 Å². The van der Waals surface area contributed by atoms with E-state index in [0.29, 0.717) is 37.8 Å². The number of carbonyl (C=O) groups is 2. The Morgan fingerprint density at radius 3 is 2.35 bits per heavy atom. The van der Waals surface area contributed by atoms with Gasteiger partial charge in [-0.15, -0.1) is 0 Å². The number of sulfonamides is 1. The zero-order valence-electron chi connectivity index (χ0n) is 12.8. The van der Waals surface area contributed by atoms with Crippen molar-refractivity contribution in [2.24, 2.45) is 0 Å². The molecule has 2 amide bonds. The molecule has 1 heterocycles. The van der Waals surface area contributed by atoms with Crippen LogP contribution in [0.1, 0.15) is 42.5 Å². The van der Waals surface area contributed by atoms with Crippen LogP contribution in [0.4, 0.5) is 0 Å². The fourth-order valence-electron chi connectivity index (χ4n) is 3.00. The van der Waals surface area contributed by atoms with E-state index in [2.05, 4.69) is 4.72 Å². The molecule has 0 unspecified atom stereocenters. The fraction of sp³-hybridized carbons (Fsp3) is 0.500. The highest BCUT2D eigenvalue weighted by molar-refractivity contribution is 7.90. The lowest BCUT2D eigenvalue weighted by Crippen LogP contribution is -2.50. The summed E-state index contributed by atoms with van der Waals surface area (Å²) in [6.45, 7) is 0.468. The first-order chi connectivity index (χ1) is 11.0. The van der Waals surface area contributed by atoms with Crippen LogP contribution in [0.2, 0.25) is 0 Å². The standard InChI is InChI=1S/C16H20N2O4S/c19-15(17-23(21,22)13-8-4-9-13)14-10-5-11-18(14)16(20)12-6-2-1-3-7-12/h1-3,6-7,13-14H,4-5,8-11H2,(H,17,19)/t14-/m1/s1. The van der Waals surface area contributed by atoms with E-state index in [-0.39, 0.29) is 5.91 Å². The van der Waals surface area contributed by atoms with E-state index in [4.69, 9.17) is 0 Å². The van der Waals surface area contributed by atoms with Gasteiger partial charge in [-0.1, -0.05) is 24.6 Å². The molecule has 7 heteroatoms. The summed E-state index contributed by atoms with van der Waals surface area (Å²) in [4.78, 5) is 26.4. The Bertz CT molecular complexity index is 698. The number of amides is 2. The number of hydrogen-bond donors (Lipinski definition) is 1. The van der Waals surface area contributed by atoms with Crippen LogP contribution in [0.3, 0.4) is 0 Å². The van der Waals surface area contributed by atoms with Gasteiger partial charge < -0.3 is 4.90 Å². The molecule has 23 heavy (non-hydrogen) atoms. The summed E-state index contributed by atoms with van der Waals surface area (Å²) in [5.41, 5.74) is 0.508. The van der Waals surface area contributed by atoms with Crippen molar-refractivity contribution in [3.63, 3.8) is 0 Å². The minimum Gasteiger partial charge on any atom is -0.327 e. The van der Waals surface area contributed by atoms with Crippen molar-refractivity contribution < 1.29 is 18.0 Å². The van der Waals surface area contributed by atoms with E-state index < -0.39 is 27.2 Å². The van der Waals surface area contributed by atoms with Crippen molar-refractivity contribution in [3.8, 4) is 0 Å². The van der Waals surface area contributed by atoms with Crippen LogP contribution in [0.25, 0.3) is 0 Å². The van der Waals surface area contributed by atoms with Crippen LogP contribution in [0.5, 0.6) is 0 Å². The highest BCUT2D eigenvalue weighted by Gasteiger charge is 2.39. The van der Waals surface area contributed by atoms with E-state index in [1.54, 1.807) is 24.3 Å². The lowest BCUT2D eigenvalue weighted by Gasteiger charge is -2.28. The Balaban J connectivity index is 1.71. The first kappa shape index (κ1) is 16.0. The van der Waals surface area contributed by atoms with Gasteiger partial charge in [0, 0.05) is 12.1 Å². The SMILES string of the molecule is O=C(NS(=O)(=O)C1CCC1)[C@H]1CCCN1C(=O)c1ccccc1. The number of carbonyl (C=O) groups excluding carboxylic acids is 2. The van der Waals surface area contributed by atoms with Gasteiger partial charge in [-0.2, -0.15) is 0 Å². The number of hydrogen-bond acceptors (Lipinski definition) is 4. The van der Waals surface area contributed by atoms with Gasteiger partial charge in [-0.25, -0.2) is 8.42 Å². The van der Waals surface area contributed by atoms with Crippen molar-refractivity contribution >= 4 is 21.8 Å². The third-order valence-electron chi connectivity index (χ3n) is 4.57. The Hall–Kier alpha value is -1.89. The maximum absolute atomic E-state index is 12.5. The van der Waals surface area contributed by atoms with E-state index in [0.717, 1.165) is 6.42 Å². The van der Waals surface area contributed by atoms with Crippen LogP contribution in [-0.4, -0.2) is 43.0 Å². The molecule has 1 aromatic rings. The summed E-state index contributed by atoms with van der Waals surface area (Å²) in [5, 5.41) is -0.467. The average molecular weight is 336 g/mol. The Morgan fingerprint density at radius 1 is 1.04 bits per heavy atom. The summed E-state index contributed by atoms with van der Waals surface area (Å²) >= 11 is 0. The van der Waals surface area contributed by atoms with Crippen LogP contribution in [0.15, 0.2) is 30.3 Å². The minimum absolute atomic E-state index is 0.232. The molecular formula is C16H20N2O4S. The Labute approximate surface area is 135 Å². The molecule has 124 valence electrons. The minimum atomic E-state index is -3.61. The Kier molecular flexibility index (Phi) is 4.39. The molecule has 1 atom stereocenters. The molecule has 2 fully saturated rings. The van der Waals surface area contributed by atoms with E-state index >= 15 is 0 Å². The molecule has 0 radical (unpaired) electrons. The predicted octanol–water partition coefficient (Wildman–Crippen LogP) is 1.29. The van der Waals surface area contributed by atoms with Crippen molar-refractivity contribution in [2.75, 3.05) is 6.54 Å². The monoisotopic (exact) mass is 336 g/mol. The quantitative estimate of drug-likeness (QED) is 0.898. The van der Waals surface area contributed by atoms with Crippen molar-refractivity contribution in [1.29, 1.82) is 0 Å². The second-order valence-corrected chi connectivity index (χ2v) is 8.05. The van der Waals surface area contributed by atoms with Crippen LogP contribution in [-0.2, 0) is 14.8 Å². The summed E-state index contributed by atoms with van der Waals surface area (Å²) < 4.78 is 26.4. The number of rotatable bonds is 4. The number of benzene rings is 1. The molecule has 3 rings (SSSR count). The predicted molar refractivity (Wildman–Crippen MR) is 85.2 cm³/mol. The molecule has 1 saturated heterocycles. The largest absolute Gasteiger partial charge is 0.327 e. The summed E-state index contributed by atoms with van der Waals surface area (Å²) in [6, 6.07) is 8.02. The molecule has 1 aromatic carbocycles. The maximum Gasteiger partial charge on any atom is 0.256 e. The first-order valence-corrected chi connectivity index (χ1v) is 9.45. The molecular weight excluding hydrogens is 316 g/mol. The fourth-order valence-corrected chi connectivity index (χ4v) is 4.54. The third-order valence-corrected chi connectivity index (χ3v) is 6.41. The number of nitrogens with one attached hydrogen (secondary N) is 1. The van der Waals surface area contributed by atoms with Gasteiger partial charge >= 0.3 is 0 Å². The van der Waals surface area contributed by atoms with Gasteiger partial charge in [0.1, 0.15) is 6.04 Å². The second kappa shape index (κ2) is 6.31. The molecule has 1 N–H and O–H groups in total. The lowest BCUT2D eigenvalue weighted by atomic mass is 10.0.